The van der Waals surface area contributed by atoms with E-state index in [1.165, 1.54) is 0 Å². The highest BCUT2D eigenvalue weighted by Crippen LogP contribution is 2.27. The van der Waals surface area contributed by atoms with Gasteiger partial charge in [0.25, 0.3) is 5.91 Å². The Morgan fingerprint density at radius 3 is 2.56 bits per heavy atom. The number of urea groups is 1. The van der Waals surface area contributed by atoms with Crippen molar-refractivity contribution in [2.24, 2.45) is 0 Å². The van der Waals surface area contributed by atoms with Crippen molar-refractivity contribution in [2.45, 2.75) is 46.2 Å². The van der Waals surface area contributed by atoms with E-state index in [1.807, 2.05) is 13.8 Å². The number of nitrogens with one attached hydrogen (secondary N) is 3. The fraction of sp³-hybridized carbons (Fsp3) is 0.529. The van der Waals surface area contributed by atoms with Crippen molar-refractivity contribution >= 4 is 17.9 Å². The fourth-order valence-electron chi connectivity index (χ4n) is 2.47. The van der Waals surface area contributed by atoms with Gasteiger partial charge < -0.3 is 20.9 Å². The highest BCUT2D eigenvalue weighted by Gasteiger charge is 2.33. The Kier molecular flexibility index (Phi) is 5.95. The number of nitrogens with zero attached hydrogens (tertiary/aromatic N) is 3. The zero-order chi connectivity index (χ0) is 18.6. The summed E-state index contributed by atoms with van der Waals surface area (Å²) in [4.78, 5) is 35.0. The molecule has 0 saturated heterocycles. The summed E-state index contributed by atoms with van der Waals surface area (Å²) < 4.78 is 0. The van der Waals surface area contributed by atoms with Crippen LogP contribution in [0, 0.1) is 0 Å². The molecular weight excluding hydrogens is 320 g/mol. The first kappa shape index (κ1) is 18.7. The van der Waals surface area contributed by atoms with Crippen molar-refractivity contribution in [3.63, 3.8) is 0 Å². The Bertz CT molecular complexity index is 668. The summed E-state index contributed by atoms with van der Waals surface area (Å²) in [6.07, 6.45) is 4.24. The molecule has 0 aliphatic carbocycles. The first-order valence-corrected chi connectivity index (χ1v) is 8.46. The van der Waals surface area contributed by atoms with Gasteiger partial charge in [-0.3, -0.25) is 4.79 Å². The van der Waals surface area contributed by atoms with Gasteiger partial charge in [0.15, 0.2) is 0 Å². The molecule has 0 saturated carbocycles. The van der Waals surface area contributed by atoms with Gasteiger partial charge in [-0.1, -0.05) is 6.92 Å². The predicted octanol–water partition coefficient (Wildman–Crippen LogP) is 1.79. The van der Waals surface area contributed by atoms with Crippen molar-refractivity contribution in [3.05, 3.63) is 29.2 Å². The molecule has 3 N–H and O–H groups in total. The van der Waals surface area contributed by atoms with E-state index >= 15 is 0 Å². The van der Waals surface area contributed by atoms with Crippen molar-refractivity contribution in [1.29, 1.82) is 0 Å². The number of hydrogen-bond acceptors (Lipinski definition) is 5. The molecule has 1 aliphatic rings. The molecule has 0 radical (unpaired) electrons. The third-order valence-corrected chi connectivity index (χ3v) is 4.13. The van der Waals surface area contributed by atoms with E-state index in [0.29, 0.717) is 22.8 Å². The third kappa shape index (κ3) is 4.26. The van der Waals surface area contributed by atoms with Crippen LogP contribution in [0.25, 0.3) is 0 Å². The minimum atomic E-state index is -0.581. The molecule has 3 amide bonds. The standard InChI is InChI=1S/C17H26N6O2/c1-6-7-18-16-19-8-12(9-20-16)14-13(11(4)21-17(25)22-14)15(24)23(5)10(2)3/h8-10,14H,6-7H2,1-5H3,(H,18,19,20)(H2,21,22,25). The molecule has 2 rings (SSSR count). The second-order valence-electron chi connectivity index (χ2n) is 6.35. The average Bonchev–Trinajstić information content (AvgIpc) is 2.58. The van der Waals surface area contributed by atoms with Gasteiger partial charge >= 0.3 is 6.03 Å². The topological polar surface area (TPSA) is 99.2 Å². The number of likely N-dealkylation sites (N-methyl/N-ethyl adjacent to an activating group) is 1. The molecule has 0 aromatic carbocycles. The molecule has 0 bridgehead atoms. The van der Waals surface area contributed by atoms with Crippen LogP contribution in [-0.4, -0.2) is 46.4 Å². The summed E-state index contributed by atoms with van der Waals surface area (Å²) in [7, 11) is 1.75. The Morgan fingerprint density at radius 1 is 1.36 bits per heavy atom. The van der Waals surface area contributed by atoms with Gasteiger partial charge in [-0.2, -0.15) is 0 Å². The maximum Gasteiger partial charge on any atom is 0.319 e. The van der Waals surface area contributed by atoms with Gasteiger partial charge in [0, 0.05) is 43.3 Å². The Morgan fingerprint density at radius 2 is 2.00 bits per heavy atom. The van der Waals surface area contributed by atoms with Crippen molar-refractivity contribution in [2.75, 3.05) is 18.9 Å². The van der Waals surface area contributed by atoms with Gasteiger partial charge in [0.05, 0.1) is 11.6 Å². The maximum atomic E-state index is 12.9. The van der Waals surface area contributed by atoms with Crippen LogP contribution in [0.15, 0.2) is 23.7 Å². The normalized spacial score (nSPS) is 17.2. The zero-order valence-electron chi connectivity index (χ0n) is 15.4. The number of allylic oxidation sites excluding steroid dienone is 1. The Balaban J connectivity index is 2.34. The summed E-state index contributed by atoms with van der Waals surface area (Å²) >= 11 is 0. The first-order valence-electron chi connectivity index (χ1n) is 8.46. The predicted molar refractivity (Wildman–Crippen MR) is 95.8 cm³/mol. The van der Waals surface area contributed by atoms with Crippen LogP contribution in [0.1, 0.15) is 45.7 Å². The number of anilines is 1. The second kappa shape index (κ2) is 7.96. The lowest BCUT2D eigenvalue weighted by atomic mass is 9.96. The lowest BCUT2D eigenvalue weighted by molar-refractivity contribution is -0.127. The maximum absolute atomic E-state index is 12.9. The van der Waals surface area contributed by atoms with Gasteiger partial charge in [0.2, 0.25) is 5.95 Å². The number of carbonyl (C=O) groups is 2. The van der Waals surface area contributed by atoms with E-state index in [-0.39, 0.29) is 18.0 Å². The van der Waals surface area contributed by atoms with Crippen LogP contribution in [-0.2, 0) is 4.79 Å². The molecule has 1 aromatic rings. The summed E-state index contributed by atoms with van der Waals surface area (Å²) in [5.74, 6) is 0.386. The van der Waals surface area contributed by atoms with Gasteiger partial charge in [-0.25, -0.2) is 14.8 Å². The van der Waals surface area contributed by atoms with E-state index < -0.39 is 6.04 Å². The molecule has 136 valence electrons. The lowest BCUT2D eigenvalue weighted by Crippen LogP contribution is -2.48. The molecule has 8 nitrogen and oxygen atoms in total. The molecule has 0 fully saturated rings. The first-order chi connectivity index (χ1) is 11.8. The average molecular weight is 346 g/mol. The molecule has 25 heavy (non-hydrogen) atoms. The summed E-state index contributed by atoms with van der Waals surface area (Å²) in [5.41, 5.74) is 1.70. The van der Waals surface area contributed by atoms with Crippen molar-refractivity contribution < 1.29 is 9.59 Å². The summed E-state index contributed by atoms with van der Waals surface area (Å²) in [5, 5.41) is 8.57. The fourth-order valence-corrected chi connectivity index (χ4v) is 2.47. The molecule has 2 heterocycles. The van der Waals surface area contributed by atoms with Crippen LogP contribution in [0.5, 0.6) is 0 Å². The molecule has 1 unspecified atom stereocenters. The van der Waals surface area contributed by atoms with E-state index in [1.54, 1.807) is 31.3 Å². The van der Waals surface area contributed by atoms with Crippen LogP contribution >= 0.6 is 0 Å². The molecule has 1 atom stereocenters. The largest absolute Gasteiger partial charge is 0.354 e. The van der Waals surface area contributed by atoms with Crippen LogP contribution < -0.4 is 16.0 Å². The monoisotopic (exact) mass is 346 g/mol. The van der Waals surface area contributed by atoms with Crippen LogP contribution in [0.3, 0.4) is 0 Å². The molecule has 1 aromatic heterocycles. The molecule has 0 spiro atoms. The Hall–Kier alpha value is -2.64. The zero-order valence-corrected chi connectivity index (χ0v) is 15.4. The third-order valence-electron chi connectivity index (χ3n) is 4.13. The van der Waals surface area contributed by atoms with E-state index in [0.717, 1.165) is 13.0 Å². The number of rotatable bonds is 6. The van der Waals surface area contributed by atoms with Gasteiger partial charge in [-0.15, -0.1) is 0 Å². The van der Waals surface area contributed by atoms with Crippen molar-refractivity contribution in [3.8, 4) is 0 Å². The lowest BCUT2D eigenvalue weighted by Gasteiger charge is -2.32. The molecular formula is C17H26N6O2. The SMILES string of the molecule is CCCNc1ncc(C2NC(=O)NC(C)=C2C(=O)N(C)C(C)C)cn1. The smallest absolute Gasteiger partial charge is 0.319 e. The van der Waals surface area contributed by atoms with Crippen LogP contribution in [0.4, 0.5) is 10.7 Å². The quantitative estimate of drug-likeness (QED) is 0.729. The minimum absolute atomic E-state index is 0.0444. The van der Waals surface area contributed by atoms with E-state index in [4.69, 9.17) is 0 Å². The molecule has 8 heteroatoms. The molecule has 1 aliphatic heterocycles. The summed E-state index contributed by atoms with van der Waals surface area (Å²) in [6, 6.07) is -0.884. The van der Waals surface area contributed by atoms with Gasteiger partial charge in [-0.05, 0) is 27.2 Å². The summed E-state index contributed by atoms with van der Waals surface area (Å²) in [6.45, 7) is 8.45. The number of carbonyl (C=O) groups excluding carboxylic acids is 2. The van der Waals surface area contributed by atoms with E-state index in [9.17, 15) is 9.59 Å². The van der Waals surface area contributed by atoms with Crippen molar-refractivity contribution in [1.82, 2.24) is 25.5 Å². The minimum Gasteiger partial charge on any atom is -0.354 e. The second-order valence-corrected chi connectivity index (χ2v) is 6.35. The highest BCUT2D eigenvalue weighted by molar-refractivity contribution is 5.98. The Labute approximate surface area is 148 Å². The van der Waals surface area contributed by atoms with Gasteiger partial charge in [0.1, 0.15) is 0 Å². The number of hydrogen-bond donors (Lipinski definition) is 3. The highest BCUT2D eigenvalue weighted by atomic mass is 16.2. The number of aromatic nitrogens is 2. The van der Waals surface area contributed by atoms with Crippen LogP contribution in [0.2, 0.25) is 0 Å². The number of amides is 3. The van der Waals surface area contributed by atoms with E-state index in [2.05, 4.69) is 32.8 Å².